The zero-order chi connectivity index (χ0) is 12.0. The number of carbonyl (C=O) groups excluding carboxylic acids is 1. The Hall–Kier alpha value is -2.07. The zero-order valence-electron chi connectivity index (χ0n) is 9.09. The summed E-state index contributed by atoms with van der Waals surface area (Å²) in [7, 11) is 0. The summed E-state index contributed by atoms with van der Waals surface area (Å²) in [5.41, 5.74) is 13.0. The minimum Gasteiger partial charge on any atom is -0.460 e. The second kappa shape index (κ2) is 3.46. The molecule has 2 aliphatic rings. The predicted octanol–water partition coefficient (Wildman–Crippen LogP) is 1.00. The second-order valence-electron chi connectivity index (χ2n) is 4.24. The Morgan fingerprint density at radius 1 is 1.18 bits per heavy atom. The van der Waals surface area contributed by atoms with Crippen LogP contribution in [0.4, 0.5) is 0 Å². The van der Waals surface area contributed by atoms with E-state index >= 15 is 0 Å². The molecule has 4 nitrogen and oxygen atoms in total. The summed E-state index contributed by atoms with van der Waals surface area (Å²) in [4.78, 5) is 11.9. The maximum Gasteiger partial charge on any atom is 0.170 e. The van der Waals surface area contributed by atoms with Gasteiger partial charge in [-0.05, 0) is 6.07 Å². The quantitative estimate of drug-likeness (QED) is 0.694. The molecule has 4 heteroatoms. The summed E-state index contributed by atoms with van der Waals surface area (Å²) in [5.74, 6) is 0.699. The van der Waals surface area contributed by atoms with Crippen molar-refractivity contribution in [2.24, 2.45) is 17.4 Å². The Kier molecular flexibility index (Phi) is 2.06. The fourth-order valence-electron chi connectivity index (χ4n) is 2.29. The van der Waals surface area contributed by atoms with Crippen molar-refractivity contribution in [3.8, 4) is 5.75 Å². The van der Waals surface area contributed by atoms with Gasteiger partial charge in [-0.25, -0.2) is 0 Å². The molecule has 0 radical (unpaired) electrons. The third-order valence-corrected chi connectivity index (χ3v) is 3.10. The highest BCUT2D eigenvalue weighted by atomic mass is 16.5. The topological polar surface area (TPSA) is 78.3 Å². The molecule has 0 spiro atoms. The van der Waals surface area contributed by atoms with Gasteiger partial charge in [0.05, 0.1) is 12.0 Å². The highest BCUT2D eigenvalue weighted by molar-refractivity contribution is 5.97. The summed E-state index contributed by atoms with van der Waals surface area (Å²) >= 11 is 0. The minimum absolute atomic E-state index is 0.0954. The highest BCUT2D eigenvalue weighted by Gasteiger charge is 2.38. The van der Waals surface area contributed by atoms with Crippen LogP contribution in [0.5, 0.6) is 5.75 Å². The standard InChI is InChI=1S/C13H12N2O2/c14-7-5-9(16)12-11(6-7)17-10-4-2-1-3-8(10)13(12)15/h1-6,12-13H,14-15H2. The van der Waals surface area contributed by atoms with Crippen LogP contribution in [-0.2, 0) is 4.79 Å². The van der Waals surface area contributed by atoms with E-state index in [1.165, 1.54) is 6.08 Å². The van der Waals surface area contributed by atoms with Gasteiger partial charge in [0.2, 0.25) is 0 Å². The summed E-state index contributed by atoms with van der Waals surface area (Å²) in [5, 5.41) is 0. The van der Waals surface area contributed by atoms with E-state index in [9.17, 15) is 4.79 Å². The second-order valence-corrected chi connectivity index (χ2v) is 4.24. The first-order valence-electron chi connectivity index (χ1n) is 5.42. The Balaban J connectivity index is 2.13. The van der Waals surface area contributed by atoms with Crippen molar-refractivity contribution in [1.82, 2.24) is 0 Å². The van der Waals surface area contributed by atoms with Crippen molar-refractivity contribution in [2.45, 2.75) is 6.04 Å². The number of benzene rings is 1. The average molecular weight is 228 g/mol. The van der Waals surface area contributed by atoms with Gasteiger partial charge in [-0.3, -0.25) is 4.79 Å². The van der Waals surface area contributed by atoms with Crippen LogP contribution in [0.2, 0.25) is 0 Å². The predicted molar refractivity (Wildman–Crippen MR) is 62.8 cm³/mol. The Morgan fingerprint density at radius 2 is 1.94 bits per heavy atom. The molecule has 0 saturated heterocycles. The first-order chi connectivity index (χ1) is 8.16. The molecule has 2 unspecified atom stereocenters. The van der Waals surface area contributed by atoms with Gasteiger partial charge in [0.15, 0.2) is 5.78 Å². The third kappa shape index (κ3) is 1.45. The molecule has 0 fully saturated rings. The lowest BCUT2D eigenvalue weighted by Crippen LogP contribution is -2.36. The lowest BCUT2D eigenvalue weighted by atomic mass is 9.83. The molecule has 1 aromatic rings. The number of fused-ring (bicyclic) bond motifs is 2. The largest absolute Gasteiger partial charge is 0.460 e. The van der Waals surface area contributed by atoms with Gasteiger partial charge >= 0.3 is 0 Å². The number of ether oxygens (including phenoxy) is 1. The number of hydrogen-bond donors (Lipinski definition) is 2. The van der Waals surface area contributed by atoms with Crippen molar-refractivity contribution in [1.29, 1.82) is 0 Å². The molecule has 4 N–H and O–H groups in total. The monoisotopic (exact) mass is 228 g/mol. The maximum atomic E-state index is 11.9. The molecule has 1 heterocycles. The van der Waals surface area contributed by atoms with Gasteiger partial charge in [-0.2, -0.15) is 0 Å². The van der Waals surface area contributed by atoms with Gasteiger partial charge in [0, 0.05) is 23.4 Å². The average Bonchev–Trinajstić information content (AvgIpc) is 2.28. The van der Waals surface area contributed by atoms with E-state index in [1.54, 1.807) is 6.08 Å². The maximum absolute atomic E-state index is 11.9. The van der Waals surface area contributed by atoms with E-state index in [0.29, 0.717) is 17.2 Å². The van der Waals surface area contributed by atoms with Crippen LogP contribution in [0.3, 0.4) is 0 Å². The van der Waals surface area contributed by atoms with Crippen molar-refractivity contribution < 1.29 is 9.53 Å². The first kappa shape index (κ1) is 10.1. The van der Waals surface area contributed by atoms with E-state index in [1.807, 2.05) is 24.3 Å². The van der Waals surface area contributed by atoms with Gasteiger partial charge in [0.1, 0.15) is 11.5 Å². The van der Waals surface area contributed by atoms with Gasteiger partial charge in [-0.15, -0.1) is 0 Å². The number of allylic oxidation sites excluding steroid dienone is 2. The van der Waals surface area contributed by atoms with Gasteiger partial charge in [0.25, 0.3) is 0 Å². The molecule has 0 aromatic heterocycles. The molecular weight excluding hydrogens is 216 g/mol. The van der Waals surface area contributed by atoms with Crippen molar-refractivity contribution in [3.05, 3.63) is 53.4 Å². The SMILES string of the molecule is NC1=CC(=O)C2C(=C1)Oc1ccccc1C2N. The normalized spacial score (nSPS) is 26.3. The van der Waals surface area contributed by atoms with E-state index in [0.717, 1.165) is 5.56 Å². The van der Waals surface area contributed by atoms with Crippen LogP contribution < -0.4 is 16.2 Å². The molecule has 0 bridgehead atoms. The van der Waals surface area contributed by atoms with Crippen LogP contribution in [-0.4, -0.2) is 5.78 Å². The fraction of sp³-hybridized carbons (Fsp3) is 0.154. The van der Waals surface area contributed by atoms with E-state index in [-0.39, 0.29) is 11.8 Å². The molecule has 86 valence electrons. The van der Waals surface area contributed by atoms with Gasteiger partial charge in [-0.1, -0.05) is 18.2 Å². The smallest absolute Gasteiger partial charge is 0.170 e. The summed E-state index contributed by atoms with van der Waals surface area (Å²) in [6.07, 6.45) is 3.08. The number of ketones is 1. The zero-order valence-corrected chi connectivity index (χ0v) is 9.09. The van der Waals surface area contributed by atoms with Crippen molar-refractivity contribution >= 4 is 5.78 Å². The molecular formula is C13H12N2O2. The molecule has 1 aromatic carbocycles. The molecule has 3 rings (SSSR count). The molecule has 1 aliphatic carbocycles. The van der Waals surface area contributed by atoms with E-state index in [4.69, 9.17) is 16.2 Å². The number of nitrogens with two attached hydrogens (primary N) is 2. The minimum atomic E-state index is -0.447. The van der Waals surface area contributed by atoms with Crippen molar-refractivity contribution in [2.75, 3.05) is 0 Å². The Morgan fingerprint density at radius 3 is 2.76 bits per heavy atom. The Labute approximate surface area is 98.5 Å². The molecule has 17 heavy (non-hydrogen) atoms. The highest BCUT2D eigenvalue weighted by Crippen LogP contribution is 2.40. The van der Waals surface area contributed by atoms with Crippen LogP contribution in [0.25, 0.3) is 0 Å². The first-order valence-corrected chi connectivity index (χ1v) is 5.42. The van der Waals surface area contributed by atoms with E-state index < -0.39 is 5.92 Å². The van der Waals surface area contributed by atoms with Crippen LogP contribution >= 0.6 is 0 Å². The lowest BCUT2D eigenvalue weighted by molar-refractivity contribution is -0.118. The van der Waals surface area contributed by atoms with E-state index in [2.05, 4.69) is 0 Å². The number of para-hydroxylation sites is 1. The molecule has 2 atom stereocenters. The molecule has 0 amide bonds. The fourth-order valence-corrected chi connectivity index (χ4v) is 2.29. The number of carbonyl (C=O) groups is 1. The van der Waals surface area contributed by atoms with Crippen LogP contribution in [0.15, 0.2) is 47.9 Å². The summed E-state index contributed by atoms with van der Waals surface area (Å²) in [6, 6.07) is 7.10. The van der Waals surface area contributed by atoms with Crippen LogP contribution in [0, 0.1) is 5.92 Å². The number of rotatable bonds is 0. The number of hydrogen-bond acceptors (Lipinski definition) is 4. The molecule has 0 saturated carbocycles. The van der Waals surface area contributed by atoms with Crippen LogP contribution in [0.1, 0.15) is 11.6 Å². The summed E-state index contributed by atoms with van der Waals surface area (Å²) in [6.45, 7) is 0. The molecule has 1 aliphatic heterocycles. The lowest BCUT2D eigenvalue weighted by Gasteiger charge is -2.33. The third-order valence-electron chi connectivity index (χ3n) is 3.10. The van der Waals surface area contributed by atoms with Gasteiger partial charge < -0.3 is 16.2 Å². The van der Waals surface area contributed by atoms with Crippen molar-refractivity contribution in [3.63, 3.8) is 0 Å². The Bertz CT molecular complexity index is 560. The summed E-state index contributed by atoms with van der Waals surface area (Å²) < 4.78 is 5.69.